The summed E-state index contributed by atoms with van der Waals surface area (Å²) in [5.74, 6) is -2.97. The molecule has 3 rings (SSSR count). The number of aliphatic hydroxyl groups is 1. The minimum atomic E-state index is -1.16. The van der Waals surface area contributed by atoms with Crippen molar-refractivity contribution in [2.24, 2.45) is 11.8 Å². The highest BCUT2D eigenvalue weighted by molar-refractivity contribution is 9.09. The molecule has 0 aromatic carbocycles. The average molecular weight is 627 g/mol. The Labute approximate surface area is 245 Å². The van der Waals surface area contributed by atoms with Crippen molar-refractivity contribution in [3.63, 3.8) is 0 Å². The Morgan fingerprint density at radius 1 is 1.30 bits per heavy atom. The first-order valence-electron chi connectivity index (χ1n) is 14.4. The molecule has 1 spiro atoms. The fourth-order valence-corrected chi connectivity index (χ4v) is 7.12. The van der Waals surface area contributed by atoms with Crippen LogP contribution < -0.4 is 5.32 Å². The van der Waals surface area contributed by atoms with Crippen molar-refractivity contribution in [3.05, 3.63) is 25.3 Å². The van der Waals surface area contributed by atoms with Gasteiger partial charge < -0.3 is 29.7 Å². The van der Waals surface area contributed by atoms with Crippen molar-refractivity contribution >= 4 is 39.6 Å². The molecule has 3 amide bonds. The van der Waals surface area contributed by atoms with Crippen molar-refractivity contribution in [2.45, 2.75) is 87.5 Å². The van der Waals surface area contributed by atoms with Gasteiger partial charge in [0.2, 0.25) is 17.7 Å². The predicted molar refractivity (Wildman–Crippen MR) is 153 cm³/mol. The maximum Gasteiger partial charge on any atom is 0.312 e. The second kappa shape index (κ2) is 14.6. The van der Waals surface area contributed by atoms with Crippen molar-refractivity contribution in [1.29, 1.82) is 0 Å². The Bertz CT molecular complexity index is 962. The third kappa shape index (κ3) is 6.62. The molecule has 1 unspecified atom stereocenters. The Morgan fingerprint density at radius 3 is 2.70 bits per heavy atom. The first-order chi connectivity index (χ1) is 19.2. The summed E-state index contributed by atoms with van der Waals surface area (Å²) in [4.78, 5) is 56.7. The van der Waals surface area contributed by atoms with Gasteiger partial charge in [0.25, 0.3) is 0 Å². The second-order valence-electron chi connectivity index (χ2n) is 10.9. The number of amides is 3. The van der Waals surface area contributed by atoms with Crippen LogP contribution in [0, 0.1) is 11.8 Å². The Balaban J connectivity index is 1.86. The van der Waals surface area contributed by atoms with Crippen LogP contribution in [-0.4, -0.2) is 100 Å². The third-order valence-corrected chi connectivity index (χ3v) is 8.87. The van der Waals surface area contributed by atoms with Crippen LogP contribution in [0.3, 0.4) is 0 Å². The average Bonchev–Trinajstić information content (AvgIpc) is 3.51. The highest BCUT2D eigenvalue weighted by Crippen LogP contribution is 2.60. The lowest BCUT2D eigenvalue weighted by Gasteiger charge is -2.37. The molecule has 3 fully saturated rings. The number of esters is 1. The summed E-state index contributed by atoms with van der Waals surface area (Å²) >= 11 is 3.66. The molecule has 3 aliphatic rings. The highest BCUT2D eigenvalue weighted by atomic mass is 79.9. The number of likely N-dealkylation sites (tertiary alicyclic amines) is 1. The fourth-order valence-electron chi connectivity index (χ4n) is 6.18. The standard InChI is InChI=1S/C29H44BrN3O7/c1-5-8-12-21(35)31-18-19(4)39-28(38)22-23-26(36)33(15-10-11-16-34)25(29(23)17-20(30)24(22)40-29)27(37)32(13-7-3)14-9-6-2/h5,7,19-20,22-25,34H,1,3,6,8-18H2,2,4H3,(H,31,35)/t19-,20?,22+,23-,24+,25+,29-/m0/s1. The van der Waals surface area contributed by atoms with Gasteiger partial charge >= 0.3 is 5.97 Å². The molecule has 3 heterocycles. The Morgan fingerprint density at radius 2 is 2.05 bits per heavy atom. The minimum absolute atomic E-state index is 0.0205. The van der Waals surface area contributed by atoms with Gasteiger partial charge in [0.15, 0.2) is 0 Å². The number of rotatable bonds is 17. The van der Waals surface area contributed by atoms with E-state index >= 15 is 0 Å². The lowest BCUT2D eigenvalue weighted by Crippen LogP contribution is -2.57. The number of hydrogen-bond acceptors (Lipinski definition) is 7. The summed E-state index contributed by atoms with van der Waals surface area (Å²) in [6.07, 6.45) is 6.09. The van der Waals surface area contributed by atoms with Gasteiger partial charge in [-0.05, 0) is 39.0 Å². The Kier molecular flexibility index (Phi) is 11.8. The molecule has 3 aliphatic heterocycles. The first-order valence-corrected chi connectivity index (χ1v) is 15.3. The molecule has 2 bridgehead atoms. The van der Waals surface area contributed by atoms with Crippen LogP contribution in [0.1, 0.15) is 58.8 Å². The lowest BCUT2D eigenvalue weighted by molar-refractivity contribution is -0.159. The van der Waals surface area contributed by atoms with Crippen molar-refractivity contribution in [2.75, 3.05) is 32.8 Å². The summed E-state index contributed by atoms with van der Waals surface area (Å²) < 4.78 is 12.2. The minimum Gasteiger partial charge on any atom is -0.460 e. The van der Waals surface area contributed by atoms with Crippen LogP contribution >= 0.6 is 15.9 Å². The zero-order valence-electron chi connectivity index (χ0n) is 23.7. The van der Waals surface area contributed by atoms with Crippen LogP contribution in [-0.2, 0) is 28.7 Å². The maximum absolute atomic E-state index is 14.1. The molecule has 0 saturated carbocycles. The number of nitrogens with zero attached hydrogens (tertiary/aromatic N) is 2. The normalized spacial score (nSPS) is 29.1. The smallest absolute Gasteiger partial charge is 0.312 e. The van der Waals surface area contributed by atoms with Gasteiger partial charge in [-0.25, -0.2) is 0 Å². The molecule has 0 aromatic rings. The summed E-state index contributed by atoms with van der Waals surface area (Å²) in [5.41, 5.74) is -1.16. The van der Waals surface area contributed by atoms with E-state index in [-0.39, 0.29) is 42.2 Å². The number of fused-ring (bicyclic) bond motifs is 1. The van der Waals surface area contributed by atoms with E-state index in [2.05, 4.69) is 34.4 Å². The zero-order chi connectivity index (χ0) is 29.4. The van der Waals surface area contributed by atoms with E-state index in [4.69, 9.17) is 9.47 Å². The van der Waals surface area contributed by atoms with Crippen LogP contribution in [0.5, 0.6) is 0 Å². The van der Waals surface area contributed by atoms with E-state index in [1.807, 2.05) is 6.92 Å². The maximum atomic E-state index is 14.1. The summed E-state index contributed by atoms with van der Waals surface area (Å²) in [5, 5.41) is 12.1. The largest absolute Gasteiger partial charge is 0.460 e. The molecule has 3 saturated heterocycles. The quantitative estimate of drug-likeness (QED) is 0.110. The molecule has 10 nitrogen and oxygen atoms in total. The number of allylic oxidation sites excluding steroid dienone is 1. The summed E-state index contributed by atoms with van der Waals surface area (Å²) in [6, 6.07) is -0.884. The van der Waals surface area contributed by atoms with Crippen molar-refractivity contribution in [3.8, 4) is 0 Å². The predicted octanol–water partition coefficient (Wildman–Crippen LogP) is 2.34. The number of hydrogen-bond donors (Lipinski definition) is 2. The summed E-state index contributed by atoms with van der Waals surface area (Å²) in [7, 11) is 0. The zero-order valence-corrected chi connectivity index (χ0v) is 25.3. The fraction of sp³-hybridized carbons (Fsp3) is 0.724. The third-order valence-electron chi connectivity index (χ3n) is 8.02. The Hall–Kier alpha value is -2.24. The van der Waals surface area contributed by atoms with E-state index in [0.717, 1.165) is 12.8 Å². The number of alkyl halides is 1. The number of aliphatic hydroxyl groups excluding tert-OH is 1. The van der Waals surface area contributed by atoms with Gasteiger partial charge in [0.05, 0.1) is 24.5 Å². The van der Waals surface area contributed by atoms with Crippen LogP contribution in [0.4, 0.5) is 0 Å². The van der Waals surface area contributed by atoms with Crippen molar-refractivity contribution < 1.29 is 33.8 Å². The highest BCUT2D eigenvalue weighted by Gasteiger charge is 2.77. The molecular weight excluding hydrogens is 582 g/mol. The van der Waals surface area contributed by atoms with E-state index < -0.39 is 41.7 Å². The van der Waals surface area contributed by atoms with Gasteiger partial charge in [-0.3, -0.25) is 19.2 Å². The van der Waals surface area contributed by atoms with Crippen LogP contribution in [0.25, 0.3) is 0 Å². The number of carbonyl (C=O) groups excluding carboxylic acids is 4. The van der Waals surface area contributed by atoms with E-state index in [0.29, 0.717) is 45.2 Å². The molecule has 2 N–H and O–H groups in total. The number of ether oxygens (including phenoxy) is 2. The SMILES string of the molecule is C=CCCC(=O)NC[C@H](C)OC(=O)[C@H]1[C@@H]2O[C@@]3(CC2Br)[C@@H]1C(=O)N(CCCCO)[C@@H]3C(=O)N(CC=C)CCCC. The molecular formula is C29H44BrN3O7. The van der Waals surface area contributed by atoms with E-state index in [1.165, 1.54) is 0 Å². The number of nitrogens with one attached hydrogen (secondary N) is 1. The molecule has 7 atom stereocenters. The molecule has 0 aliphatic carbocycles. The van der Waals surface area contributed by atoms with Gasteiger partial charge in [-0.2, -0.15) is 0 Å². The number of unbranched alkanes of at least 4 members (excludes halogenated alkanes) is 2. The van der Waals surface area contributed by atoms with Gasteiger partial charge in [-0.1, -0.05) is 41.4 Å². The van der Waals surface area contributed by atoms with Crippen molar-refractivity contribution in [1.82, 2.24) is 15.1 Å². The topological polar surface area (TPSA) is 125 Å². The van der Waals surface area contributed by atoms with E-state index in [1.54, 1.807) is 28.9 Å². The lowest BCUT2D eigenvalue weighted by atomic mass is 9.70. The first kappa shape index (κ1) is 32.3. The number of halogens is 1. The monoisotopic (exact) mass is 625 g/mol. The second-order valence-corrected chi connectivity index (χ2v) is 12.1. The molecule has 224 valence electrons. The van der Waals surface area contributed by atoms with Gasteiger partial charge in [-0.15, -0.1) is 13.2 Å². The molecule has 0 radical (unpaired) electrons. The molecule has 0 aromatic heterocycles. The summed E-state index contributed by atoms with van der Waals surface area (Å²) in [6.45, 7) is 12.4. The van der Waals surface area contributed by atoms with Gasteiger partial charge in [0, 0.05) is 37.5 Å². The molecule has 40 heavy (non-hydrogen) atoms. The van der Waals surface area contributed by atoms with Gasteiger partial charge in [0.1, 0.15) is 17.7 Å². The number of carbonyl (C=O) groups is 4. The molecule has 11 heteroatoms. The van der Waals surface area contributed by atoms with Crippen LogP contribution in [0.15, 0.2) is 25.3 Å². The van der Waals surface area contributed by atoms with E-state index in [9.17, 15) is 24.3 Å². The van der Waals surface area contributed by atoms with Crippen LogP contribution in [0.2, 0.25) is 0 Å².